The van der Waals surface area contributed by atoms with E-state index in [-0.39, 0.29) is 11.9 Å². The predicted octanol–water partition coefficient (Wildman–Crippen LogP) is 0.324. The van der Waals surface area contributed by atoms with Gasteiger partial charge in [-0.2, -0.15) is 0 Å². The first-order chi connectivity index (χ1) is 11.7. The first-order valence-electron chi connectivity index (χ1n) is 9.06. The van der Waals surface area contributed by atoms with Crippen molar-refractivity contribution in [3.8, 4) is 0 Å². The Morgan fingerprint density at radius 2 is 1.83 bits per heavy atom. The average Bonchev–Trinajstić information content (AvgIpc) is 3.09. The summed E-state index contributed by atoms with van der Waals surface area (Å²) in [7, 11) is 0. The Kier molecular flexibility index (Phi) is 4.37. The summed E-state index contributed by atoms with van der Waals surface area (Å²) in [5.74, 6) is 0.741. The standard InChI is InChI=1S/C17H26N6O/c18-14-3-1-6-22(11-14)16(24)13-9-19-17(20-10-13)23-8-7-21-5-2-4-15(21)12-23/h9-10,14-15H,1-8,11-12,18H2/t14?,15-/m1/s1. The maximum absolute atomic E-state index is 12.6. The zero-order valence-corrected chi connectivity index (χ0v) is 14.1. The maximum atomic E-state index is 12.6. The smallest absolute Gasteiger partial charge is 0.257 e. The number of amides is 1. The molecule has 1 aromatic heterocycles. The zero-order valence-electron chi connectivity index (χ0n) is 14.1. The second kappa shape index (κ2) is 6.64. The average molecular weight is 330 g/mol. The molecule has 7 heteroatoms. The van der Waals surface area contributed by atoms with Crippen LogP contribution in [0.25, 0.3) is 0 Å². The molecule has 0 spiro atoms. The number of hydrogen-bond donors (Lipinski definition) is 1. The number of piperazine rings is 1. The van der Waals surface area contributed by atoms with Gasteiger partial charge in [0, 0.05) is 57.2 Å². The SMILES string of the molecule is NC1CCCN(C(=O)c2cnc(N3CCN4CCC[C@@H]4C3)nc2)C1. The number of hydrogen-bond acceptors (Lipinski definition) is 6. The molecular weight excluding hydrogens is 304 g/mol. The summed E-state index contributed by atoms with van der Waals surface area (Å²) in [6, 6.07) is 0.726. The number of fused-ring (bicyclic) bond motifs is 1. The third-order valence-electron chi connectivity index (χ3n) is 5.50. The Bertz CT molecular complexity index is 591. The van der Waals surface area contributed by atoms with Gasteiger partial charge in [0.05, 0.1) is 5.56 Å². The first kappa shape index (κ1) is 15.8. The summed E-state index contributed by atoms with van der Waals surface area (Å²) in [6.07, 6.45) is 7.87. The van der Waals surface area contributed by atoms with Gasteiger partial charge in [0.2, 0.25) is 5.95 Å². The maximum Gasteiger partial charge on any atom is 0.257 e. The van der Waals surface area contributed by atoms with Gasteiger partial charge in [-0.1, -0.05) is 0 Å². The van der Waals surface area contributed by atoms with E-state index in [2.05, 4.69) is 19.8 Å². The molecule has 0 saturated carbocycles. The lowest BCUT2D eigenvalue weighted by Gasteiger charge is -2.37. The highest BCUT2D eigenvalue weighted by Gasteiger charge is 2.31. The minimum Gasteiger partial charge on any atom is -0.338 e. The van der Waals surface area contributed by atoms with Gasteiger partial charge in [-0.25, -0.2) is 9.97 Å². The van der Waals surface area contributed by atoms with Crippen LogP contribution in [-0.2, 0) is 0 Å². The topological polar surface area (TPSA) is 78.6 Å². The summed E-state index contributed by atoms with van der Waals surface area (Å²) in [4.78, 5) is 28.1. The van der Waals surface area contributed by atoms with Crippen LogP contribution in [0.1, 0.15) is 36.0 Å². The number of carbonyl (C=O) groups is 1. The highest BCUT2D eigenvalue weighted by atomic mass is 16.2. The summed E-state index contributed by atoms with van der Waals surface area (Å²) in [6.45, 7) is 5.67. The zero-order chi connectivity index (χ0) is 16.5. The van der Waals surface area contributed by atoms with Crippen LogP contribution in [0, 0.1) is 0 Å². The number of piperidine rings is 1. The molecule has 130 valence electrons. The first-order valence-corrected chi connectivity index (χ1v) is 9.06. The second-order valence-electron chi connectivity index (χ2n) is 7.20. The lowest BCUT2D eigenvalue weighted by Crippen LogP contribution is -2.50. The summed E-state index contributed by atoms with van der Waals surface area (Å²) in [5.41, 5.74) is 6.53. The van der Waals surface area contributed by atoms with Crippen LogP contribution < -0.4 is 10.6 Å². The number of carbonyl (C=O) groups excluding carboxylic acids is 1. The Labute approximate surface area is 142 Å². The van der Waals surface area contributed by atoms with Crippen LogP contribution >= 0.6 is 0 Å². The highest BCUT2D eigenvalue weighted by molar-refractivity contribution is 5.93. The van der Waals surface area contributed by atoms with Gasteiger partial charge >= 0.3 is 0 Å². The third kappa shape index (κ3) is 3.10. The minimum absolute atomic E-state index is 0.00249. The molecule has 3 fully saturated rings. The van der Waals surface area contributed by atoms with Crippen LogP contribution in [0.2, 0.25) is 0 Å². The number of nitrogens with zero attached hydrogens (tertiary/aromatic N) is 5. The van der Waals surface area contributed by atoms with Gasteiger partial charge in [0.25, 0.3) is 5.91 Å². The van der Waals surface area contributed by atoms with Crippen LogP contribution in [0.5, 0.6) is 0 Å². The fraction of sp³-hybridized carbons (Fsp3) is 0.706. The van der Waals surface area contributed by atoms with Gasteiger partial charge in [-0.05, 0) is 32.2 Å². The molecule has 0 radical (unpaired) electrons. The lowest BCUT2D eigenvalue weighted by molar-refractivity contribution is 0.0708. The molecule has 3 aliphatic heterocycles. The van der Waals surface area contributed by atoms with Crippen molar-refractivity contribution in [3.63, 3.8) is 0 Å². The van der Waals surface area contributed by atoms with Crippen molar-refractivity contribution in [2.75, 3.05) is 44.2 Å². The van der Waals surface area contributed by atoms with Gasteiger partial charge in [0.15, 0.2) is 0 Å². The number of nitrogens with two attached hydrogens (primary N) is 1. The number of aromatic nitrogens is 2. The highest BCUT2D eigenvalue weighted by Crippen LogP contribution is 2.23. The van der Waals surface area contributed by atoms with E-state index in [1.807, 2.05) is 4.90 Å². The van der Waals surface area contributed by atoms with E-state index in [1.54, 1.807) is 12.4 Å². The van der Waals surface area contributed by atoms with Crippen molar-refractivity contribution >= 4 is 11.9 Å². The van der Waals surface area contributed by atoms with Crippen molar-refractivity contribution in [1.82, 2.24) is 19.8 Å². The molecule has 4 rings (SSSR count). The molecule has 24 heavy (non-hydrogen) atoms. The third-order valence-corrected chi connectivity index (χ3v) is 5.50. The molecule has 1 aromatic rings. The van der Waals surface area contributed by atoms with Gasteiger partial charge in [0.1, 0.15) is 0 Å². The molecule has 1 amide bonds. The van der Waals surface area contributed by atoms with E-state index >= 15 is 0 Å². The van der Waals surface area contributed by atoms with E-state index in [0.717, 1.165) is 45.0 Å². The monoisotopic (exact) mass is 330 g/mol. The fourth-order valence-corrected chi connectivity index (χ4v) is 4.14. The molecule has 3 aliphatic rings. The van der Waals surface area contributed by atoms with Gasteiger partial charge < -0.3 is 15.5 Å². The molecule has 1 unspecified atom stereocenters. The molecule has 0 bridgehead atoms. The minimum atomic E-state index is -0.00249. The van der Waals surface area contributed by atoms with Crippen molar-refractivity contribution in [2.24, 2.45) is 5.73 Å². The number of likely N-dealkylation sites (tertiary alicyclic amines) is 1. The lowest BCUT2D eigenvalue weighted by atomic mass is 10.1. The molecular formula is C17H26N6O. The summed E-state index contributed by atoms with van der Waals surface area (Å²) >= 11 is 0. The second-order valence-corrected chi connectivity index (χ2v) is 7.20. The Morgan fingerprint density at radius 3 is 2.62 bits per heavy atom. The Hall–Kier alpha value is -1.73. The van der Waals surface area contributed by atoms with E-state index in [9.17, 15) is 4.79 Å². The Morgan fingerprint density at radius 1 is 1.04 bits per heavy atom. The normalized spacial score (nSPS) is 28.0. The largest absolute Gasteiger partial charge is 0.338 e. The number of rotatable bonds is 2. The quantitative estimate of drug-likeness (QED) is 0.842. The van der Waals surface area contributed by atoms with Crippen molar-refractivity contribution < 1.29 is 4.79 Å². The van der Waals surface area contributed by atoms with Gasteiger partial charge in [-0.3, -0.25) is 9.69 Å². The molecule has 2 N–H and O–H groups in total. The van der Waals surface area contributed by atoms with E-state index < -0.39 is 0 Å². The molecule has 2 atom stereocenters. The van der Waals surface area contributed by atoms with E-state index in [4.69, 9.17) is 5.73 Å². The van der Waals surface area contributed by atoms with Crippen molar-refractivity contribution in [3.05, 3.63) is 18.0 Å². The van der Waals surface area contributed by atoms with Crippen LogP contribution in [0.3, 0.4) is 0 Å². The Balaban J connectivity index is 1.42. The van der Waals surface area contributed by atoms with Crippen molar-refractivity contribution in [1.29, 1.82) is 0 Å². The predicted molar refractivity (Wildman–Crippen MR) is 92.0 cm³/mol. The molecule has 4 heterocycles. The molecule has 0 aliphatic carbocycles. The molecule has 3 saturated heterocycles. The molecule has 7 nitrogen and oxygen atoms in total. The van der Waals surface area contributed by atoms with E-state index in [1.165, 1.54) is 19.4 Å². The summed E-state index contributed by atoms with van der Waals surface area (Å²) in [5, 5.41) is 0. The van der Waals surface area contributed by atoms with Crippen LogP contribution in [0.4, 0.5) is 5.95 Å². The number of anilines is 1. The fourth-order valence-electron chi connectivity index (χ4n) is 4.14. The van der Waals surface area contributed by atoms with Crippen LogP contribution in [-0.4, -0.2) is 77.0 Å². The van der Waals surface area contributed by atoms with Crippen molar-refractivity contribution in [2.45, 2.75) is 37.8 Å². The van der Waals surface area contributed by atoms with E-state index in [0.29, 0.717) is 18.2 Å². The summed E-state index contributed by atoms with van der Waals surface area (Å²) < 4.78 is 0. The van der Waals surface area contributed by atoms with Gasteiger partial charge in [-0.15, -0.1) is 0 Å². The van der Waals surface area contributed by atoms with Crippen LogP contribution in [0.15, 0.2) is 12.4 Å². The molecule has 0 aromatic carbocycles.